The van der Waals surface area contributed by atoms with E-state index in [2.05, 4.69) is 22.5 Å². The monoisotopic (exact) mass is 298 g/mol. The van der Waals surface area contributed by atoms with E-state index in [1.165, 1.54) is 11.3 Å². The van der Waals surface area contributed by atoms with Gasteiger partial charge in [-0.3, -0.25) is 4.79 Å². The van der Waals surface area contributed by atoms with Crippen LogP contribution in [0.1, 0.15) is 42.3 Å². The molecule has 1 aliphatic rings. The molecule has 0 spiro atoms. The van der Waals surface area contributed by atoms with Crippen molar-refractivity contribution in [2.24, 2.45) is 5.92 Å². The molecule has 2 atom stereocenters. The summed E-state index contributed by atoms with van der Waals surface area (Å²) in [5, 5.41) is 16.1. The Hall–Kier alpha value is -1.34. The number of carbonyl (C=O) groups excluding carboxylic acids is 1. The second kappa shape index (κ2) is 6.90. The molecule has 0 bridgehead atoms. The molecule has 6 nitrogen and oxygen atoms in total. The number of hydrogen-bond acceptors (Lipinski definition) is 6. The number of carbonyl (C=O) groups is 1. The van der Waals surface area contributed by atoms with Gasteiger partial charge in [0.05, 0.1) is 0 Å². The number of hydrogen-bond donors (Lipinski definition) is 4. The largest absolute Gasteiger partial charge is 0.396 e. The highest BCUT2D eigenvalue weighted by atomic mass is 32.1. The van der Waals surface area contributed by atoms with Gasteiger partial charge in [-0.1, -0.05) is 24.7 Å². The average Bonchev–Trinajstić information content (AvgIpc) is 3.02. The van der Waals surface area contributed by atoms with Crippen LogP contribution >= 0.6 is 11.3 Å². The van der Waals surface area contributed by atoms with Gasteiger partial charge in [0.15, 0.2) is 5.13 Å². The van der Waals surface area contributed by atoms with Gasteiger partial charge < -0.3 is 21.5 Å². The quantitative estimate of drug-likeness (QED) is 0.637. The Bertz CT molecular complexity index is 463. The summed E-state index contributed by atoms with van der Waals surface area (Å²) in [7, 11) is 0. The molecule has 7 heteroatoms. The molecule has 0 aromatic carbocycles. The van der Waals surface area contributed by atoms with E-state index in [0.29, 0.717) is 10.0 Å². The molecule has 112 valence electrons. The molecule has 1 aliphatic carbocycles. The summed E-state index contributed by atoms with van der Waals surface area (Å²) in [5.41, 5.74) is 5.80. The molecule has 0 radical (unpaired) electrons. The van der Waals surface area contributed by atoms with Crippen LogP contribution in [-0.4, -0.2) is 35.2 Å². The second-order valence-electron chi connectivity index (χ2n) is 5.11. The van der Waals surface area contributed by atoms with Crippen LogP contribution < -0.4 is 16.4 Å². The normalized spacial score (nSPS) is 21.9. The van der Waals surface area contributed by atoms with Crippen molar-refractivity contribution in [1.29, 1.82) is 0 Å². The molecule has 0 saturated heterocycles. The molecular weight excluding hydrogens is 276 g/mol. The van der Waals surface area contributed by atoms with Crippen molar-refractivity contribution in [3.05, 3.63) is 4.88 Å². The van der Waals surface area contributed by atoms with Crippen LogP contribution in [0.4, 0.5) is 10.9 Å². The fourth-order valence-electron chi connectivity index (χ4n) is 2.48. The molecule has 0 aliphatic heterocycles. The summed E-state index contributed by atoms with van der Waals surface area (Å²) in [6, 6.07) is 0.0426. The average molecular weight is 298 g/mol. The van der Waals surface area contributed by atoms with Gasteiger partial charge in [0.1, 0.15) is 10.7 Å². The number of nitrogens with one attached hydrogen (secondary N) is 2. The number of thiazole rings is 1. The number of aliphatic hydroxyl groups excluding tert-OH is 1. The Balaban J connectivity index is 1.99. The third-order valence-electron chi connectivity index (χ3n) is 3.60. The van der Waals surface area contributed by atoms with Crippen LogP contribution in [0.5, 0.6) is 0 Å². The lowest BCUT2D eigenvalue weighted by Gasteiger charge is -2.18. The van der Waals surface area contributed by atoms with E-state index in [4.69, 9.17) is 5.73 Å². The number of nitrogens with two attached hydrogens (primary N) is 1. The van der Waals surface area contributed by atoms with Crippen LogP contribution in [0.15, 0.2) is 0 Å². The van der Waals surface area contributed by atoms with Gasteiger partial charge in [-0.05, 0) is 19.3 Å². The molecule has 1 aromatic heterocycles. The second-order valence-corrected chi connectivity index (χ2v) is 6.11. The van der Waals surface area contributed by atoms with Gasteiger partial charge in [0.2, 0.25) is 0 Å². The maximum Gasteiger partial charge on any atom is 0.265 e. The Morgan fingerprint density at radius 2 is 2.35 bits per heavy atom. The molecule has 1 heterocycles. The van der Waals surface area contributed by atoms with E-state index in [1.54, 1.807) is 0 Å². The Morgan fingerprint density at radius 1 is 1.55 bits per heavy atom. The fourth-order valence-corrected chi connectivity index (χ4v) is 3.29. The predicted molar refractivity (Wildman–Crippen MR) is 81.0 cm³/mol. The van der Waals surface area contributed by atoms with Crippen molar-refractivity contribution in [3.63, 3.8) is 0 Å². The van der Waals surface area contributed by atoms with Crippen molar-refractivity contribution in [2.75, 3.05) is 24.2 Å². The highest BCUT2D eigenvalue weighted by Gasteiger charge is 2.29. The van der Waals surface area contributed by atoms with Crippen molar-refractivity contribution in [1.82, 2.24) is 10.3 Å². The van der Waals surface area contributed by atoms with Crippen LogP contribution in [0.25, 0.3) is 0 Å². The minimum Gasteiger partial charge on any atom is -0.396 e. The molecule has 1 amide bonds. The van der Waals surface area contributed by atoms with E-state index < -0.39 is 0 Å². The van der Waals surface area contributed by atoms with Crippen LogP contribution in [0.2, 0.25) is 0 Å². The molecule has 5 N–H and O–H groups in total. The van der Waals surface area contributed by atoms with Crippen molar-refractivity contribution in [2.45, 2.75) is 38.6 Å². The summed E-state index contributed by atoms with van der Waals surface area (Å²) in [6.07, 6.45) is 3.90. The Labute approximate surface area is 122 Å². The number of nitrogens with zero attached hydrogens (tertiary/aromatic N) is 1. The molecule has 2 rings (SSSR count). The number of rotatable bonds is 6. The van der Waals surface area contributed by atoms with E-state index in [-0.39, 0.29) is 30.3 Å². The first-order valence-electron chi connectivity index (χ1n) is 7.07. The summed E-state index contributed by atoms with van der Waals surface area (Å²) >= 11 is 1.28. The molecule has 1 fully saturated rings. The van der Waals surface area contributed by atoms with E-state index in [9.17, 15) is 9.90 Å². The summed E-state index contributed by atoms with van der Waals surface area (Å²) in [6.45, 7) is 2.99. The third kappa shape index (κ3) is 3.40. The maximum atomic E-state index is 12.2. The predicted octanol–water partition coefficient (Wildman–Crippen LogP) is 1.44. The van der Waals surface area contributed by atoms with Gasteiger partial charge in [-0.25, -0.2) is 4.98 Å². The van der Waals surface area contributed by atoms with Gasteiger partial charge in [-0.2, -0.15) is 0 Å². The third-order valence-corrected chi connectivity index (χ3v) is 4.62. The zero-order valence-electron chi connectivity index (χ0n) is 11.7. The van der Waals surface area contributed by atoms with E-state index >= 15 is 0 Å². The SMILES string of the molecule is CCCNc1nc(N)c(C(=O)NC2CCCC2CO)s1. The molecule has 20 heavy (non-hydrogen) atoms. The smallest absolute Gasteiger partial charge is 0.265 e. The van der Waals surface area contributed by atoms with Gasteiger partial charge in [0.25, 0.3) is 5.91 Å². The highest BCUT2D eigenvalue weighted by Crippen LogP contribution is 2.28. The molecular formula is C13H22N4O2S. The number of amides is 1. The Morgan fingerprint density at radius 3 is 3.05 bits per heavy atom. The summed E-state index contributed by atoms with van der Waals surface area (Å²) in [5.74, 6) is 0.241. The first-order valence-corrected chi connectivity index (χ1v) is 7.89. The lowest BCUT2D eigenvalue weighted by molar-refractivity contribution is 0.0921. The summed E-state index contributed by atoms with van der Waals surface area (Å²) < 4.78 is 0. The van der Waals surface area contributed by atoms with Crippen molar-refractivity contribution in [3.8, 4) is 0 Å². The van der Waals surface area contributed by atoms with Gasteiger partial charge >= 0.3 is 0 Å². The minimum atomic E-state index is -0.185. The number of anilines is 2. The number of nitrogen functional groups attached to an aromatic ring is 1. The number of aromatic nitrogens is 1. The maximum absolute atomic E-state index is 12.2. The van der Waals surface area contributed by atoms with Crippen molar-refractivity contribution < 1.29 is 9.90 Å². The van der Waals surface area contributed by atoms with E-state index in [1.807, 2.05) is 0 Å². The molecule has 2 unspecified atom stereocenters. The Kier molecular flexibility index (Phi) is 5.19. The zero-order valence-corrected chi connectivity index (χ0v) is 12.5. The lowest BCUT2D eigenvalue weighted by Crippen LogP contribution is -2.38. The topological polar surface area (TPSA) is 100 Å². The standard InChI is InChI=1S/C13H22N4O2S/c1-2-6-15-13-17-11(14)10(20-13)12(19)16-9-5-3-4-8(9)7-18/h8-9,18H,2-7,14H2,1H3,(H,15,17)(H,16,19). The molecule has 1 aromatic rings. The first kappa shape index (κ1) is 15.1. The lowest BCUT2D eigenvalue weighted by atomic mass is 10.1. The fraction of sp³-hybridized carbons (Fsp3) is 0.692. The zero-order chi connectivity index (χ0) is 14.5. The summed E-state index contributed by atoms with van der Waals surface area (Å²) in [4.78, 5) is 16.8. The van der Waals surface area contributed by atoms with E-state index in [0.717, 1.165) is 32.2 Å². The first-order chi connectivity index (χ1) is 9.65. The van der Waals surface area contributed by atoms with Crippen molar-refractivity contribution >= 4 is 28.2 Å². The number of aliphatic hydroxyl groups is 1. The van der Waals surface area contributed by atoms with Crippen LogP contribution in [-0.2, 0) is 0 Å². The van der Waals surface area contributed by atoms with Crippen LogP contribution in [0.3, 0.4) is 0 Å². The van der Waals surface area contributed by atoms with Gasteiger partial charge in [-0.15, -0.1) is 0 Å². The van der Waals surface area contributed by atoms with Crippen LogP contribution in [0, 0.1) is 5.92 Å². The highest BCUT2D eigenvalue weighted by molar-refractivity contribution is 7.18. The minimum absolute atomic E-state index is 0.0426. The van der Waals surface area contributed by atoms with Gasteiger partial charge in [0, 0.05) is 25.1 Å². The molecule has 1 saturated carbocycles.